The van der Waals surface area contributed by atoms with Crippen LogP contribution in [0.3, 0.4) is 0 Å². The fraction of sp³-hybridized carbons (Fsp3) is 0.533. The molecule has 0 radical (unpaired) electrons. The maximum atomic E-state index is 12.4. The van der Waals surface area contributed by atoms with Gasteiger partial charge >= 0.3 is 0 Å². The summed E-state index contributed by atoms with van der Waals surface area (Å²) in [5, 5.41) is 10.6. The molecule has 1 aliphatic rings. The lowest BCUT2D eigenvalue weighted by Crippen LogP contribution is -2.38. The normalized spacial score (nSPS) is 16.9. The van der Waals surface area contributed by atoms with Crippen LogP contribution in [0.15, 0.2) is 10.9 Å². The minimum atomic E-state index is -1.69. The second kappa shape index (κ2) is 4.98. The van der Waals surface area contributed by atoms with Crippen molar-refractivity contribution in [2.24, 2.45) is 0 Å². The van der Waals surface area contributed by atoms with Gasteiger partial charge in [0.25, 0.3) is 5.56 Å². The van der Waals surface area contributed by atoms with Crippen molar-refractivity contribution in [1.29, 1.82) is 0 Å². The van der Waals surface area contributed by atoms with E-state index in [9.17, 15) is 19.5 Å². The van der Waals surface area contributed by atoms with E-state index < -0.39 is 11.4 Å². The van der Waals surface area contributed by atoms with Crippen LogP contribution in [0.4, 0.5) is 0 Å². The predicted octanol–water partition coefficient (Wildman–Crippen LogP) is 1.18. The summed E-state index contributed by atoms with van der Waals surface area (Å²) in [7, 11) is 0. The van der Waals surface area contributed by atoms with Gasteiger partial charge in [-0.3, -0.25) is 14.4 Å². The number of hydrogen-bond acceptors (Lipinski definition) is 4. The molecule has 1 unspecified atom stereocenters. The Morgan fingerprint density at radius 2 is 2.05 bits per heavy atom. The first-order chi connectivity index (χ1) is 9.36. The third-order valence-electron chi connectivity index (χ3n) is 4.14. The summed E-state index contributed by atoms with van der Waals surface area (Å²) in [4.78, 5) is 36.1. The lowest BCUT2D eigenvalue weighted by molar-refractivity contribution is -0.136. The first kappa shape index (κ1) is 14.7. The molecule has 0 amide bonds. The number of carbonyl (C=O) groups excluding carboxylic acids is 2. The summed E-state index contributed by atoms with van der Waals surface area (Å²) in [6.07, 6.45) is 0.886. The molecule has 1 aromatic rings. The van der Waals surface area contributed by atoms with Crippen molar-refractivity contribution < 1.29 is 14.7 Å². The third-order valence-corrected chi connectivity index (χ3v) is 4.14. The van der Waals surface area contributed by atoms with Crippen LogP contribution in [0, 0.1) is 0 Å². The van der Waals surface area contributed by atoms with Gasteiger partial charge in [0.1, 0.15) is 5.60 Å². The largest absolute Gasteiger partial charge is 0.377 e. The zero-order valence-electron chi connectivity index (χ0n) is 12.0. The molecule has 0 aliphatic carbocycles. The van der Waals surface area contributed by atoms with Crippen LogP contribution in [0.25, 0.3) is 0 Å². The number of hydrogen-bond donors (Lipinski definition) is 1. The van der Waals surface area contributed by atoms with E-state index in [4.69, 9.17) is 0 Å². The van der Waals surface area contributed by atoms with Gasteiger partial charge in [-0.15, -0.1) is 0 Å². The van der Waals surface area contributed by atoms with Crippen LogP contribution in [0.2, 0.25) is 0 Å². The molecule has 5 nitrogen and oxygen atoms in total. The molecular weight excluding hydrogens is 258 g/mol. The van der Waals surface area contributed by atoms with E-state index in [1.165, 1.54) is 17.6 Å². The van der Waals surface area contributed by atoms with Crippen molar-refractivity contribution in [2.75, 3.05) is 0 Å². The summed E-state index contributed by atoms with van der Waals surface area (Å²) >= 11 is 0. The topological polar surface area (TPSA) is 76.4 Å². The SMILES string of the molecule is CCc1c(C(O)(CC)C(C)=O)cc2n(c1=O)CCC2=O. The zero-order valence-corrected chi connectivity index (χ0v) is 12.0. The molecule has 0 saturated heterocycles. The van der Waals surface area contributed by atoms with Crippen LogP contribution >= 0.6 is 0 Å². The van der Waals surface area contributed by atoms with Gasteiger partial charge in [0.15, 0.2) is 11.6 Å². The van der Waals surface area contributed by atoms with Crippen molar-refractivity contribution in [2.45, 2.75) is 52.2 Å². The van der Waals surface area contributed by atoms with Crippen molar-refractivity contribution in [3.8, 4) is 0 Å². The highest BCUT2D eigenvalue weighted by Gasteiger charge is 2.37. The lowest BCUT2D eigenvalue weighted by Gasteiger charge is -2.27. The zero-order chi connectivity index (χ0) is 15.1. The number of carbonyl (C=O) groups is 2. The Hall–Kier alpha value is -1.75. The molecule has 5 heteroatoms. The molecule has 2 heterocycles. The molecule has 108 valence electrons. The van der Waals surface area contributed by atoms with Gasteiger partial charge in [-0.25, -0.2) is 0 Å². The van der Waals surface area contributed by atoms with E-state index in [0.29, 0.717) is 36.2 Å². The molecule has 1 aliphatic heterocycles. The highest BCUT2D eigenvalue weighted by molar-refractivity contribution is 5.97. The standard InChI is InChI=1S/C15H19NO4/c1-4-10-11(15(20,5-2)9(3)17)8-12-13(18)6-7-16(12)14(10)19/h8,20H,4-7H2,1-3H3. The van der Waals surface area contributed by atoms with E-state index in [1.54, 1.807) is 13.8 Å². The second-order valence-electron chi connectivity index (χ2n) is 5.18. The predicted molar refractivity (Wildman–Crippen MR) is 73.9 cm³/mol. The monoisotopic (exact) mass is 277 g/mol. The van der Waals surface area contributed by atoms with E-state index in [0.717, 1.165) is 0 Å². The highest BCUT2D eigenvalue weighted by Crippen LogP contribution is 2.30. The first-order valence-corrected chi connectivity index (χ1v) is 6.90. The van der Waals surface area contributed by atoms with E-state index in [2.05, 4.69) is 0 Å². The van der Waals surface area contributed by atoms with Crippen LogP contribution in [-0.4, -0.2) is 21.2 Å². The van der Waals surface area contributed by atoms with Crippen LogP contribution in [-0.2, 0) is 23.4 Å². The number of fused-ring (bicyclic) bond motifs is 1. The number of rotatable bonds is 4. The van der Waals surface area contributed by atoms with Crippen LogP contribution < -0.4 is 5.56 Å². The third kappa shape index (κ3) is 1.93. The van der Waals surface area contributed by atoms with Crippen molar-refractivity contribution >= 4 is 11.6 Å². The minimum Gasteiger partial charge on any atom is -0.377 e. The molecule has 1 N–H and O–H groups in total. The highest BCUT2D eigenvalue weighted by atomic mass is 16.3. The van der Waals surface area contributed by atoms with Crippen LogP contribution in [0.1, 0.15) is 55.2 Å². The van der Waals surface area contributed by atoms with Crippen molar-refractivity contribution in [3.05, 3.63) is 33.2 Å². The number of aliphatic hydroxyl groups is 1. The van der Waals surface area contributed by atoms with Gasteiger partial charge in [0, 0.05) is 24.1 Å². The van der Waals surface area contributed by atoms with E-state index >= 15 is 0 Å². The maximum absolute atomic E-state index is 12.4. The minimum absolute atomic E-state index is 0.118. The Morgan fingerprint density at radius 3 is 2.55 bits per heavy atom. The Balaban J connectivity index is 2.80. The summed E-state index contributed by atoms with van der Waals surface area (Å²) < 4.78 is 1.45. The number of ketones is 2. The average molecular weight is 277 g/mol. The molecule has 1 atom stereocenters. The van der Waals surface area contributed by atoms with Gasteiger partial charge in [-0.05, 0) is 25.8 Å². The molecule has 1 aromatic heterocycles. The van der Waals surface area contributed by atoms with Gasteiger partial charge < -0.3 is 9.67 Å². The fourth-order valence-electron chi connectivity index (χ4n) is 2.82. The fourth-order valence-corrected chi connectivity index (χ4v) is 2.82. The molecule has 0 fully saturated rings. The van der Waals surface area contributed by atoms with Crippen molar-refractivity contribution in [1.82, 2.24) is 4.57 Å². The Labute approximate surface area is 117 Å². The molecule has 20 heavy (non-hydrogen) atoms. The van der Waals surface area contributed by atoms with E-state index in [-0.39, 0.29) is 17.8 Å². The Morgan fingerprint density at radius 1 is 1.40 bits per heavy atom. The number of nitrogens with zero attached hydrogens (tertiary/aromatic N) is 1. The summed E-state index contributed by atoms with van der Waals surface area (Å²) in [5.41, 5.74) is -0.943. The number of aromatic nitrogens is 1. The summed E-state index contributed by atoms with van der Waals surface area (Å²) in [5.74, 6) is -0.530. The maximum Gasteiger partial charge on any atom is 0.254 e. The molecule has 2 rings (SSSR count). The van der Waals surface area contributed by atoms with Gasteiger partial charge in [-0.1, -0.05) is 13.8 Å². The van der Waals surface area contributed by atoms with Crippen LogP contribution in [0.5, 0.6) is 0 Å². The second-order valence-corrected chi connectivity index (χ2v) is 5.18. The van der Waals surface area contributed by atoms with Gasteiger partial charge in [0.05, 0.1) is 5.69 Å². The summed E-state index contributed by atoms with van der Waals surface area (Å²) in [6.45, 7) is 5.17. The van der Waals surface area contributed by atoms with E-state index in [1.807, 2.05) is 0 Å². The first-order valence-electron chi connectivity index (χ1n) is 6.90. The average Bonchev–Trinajstić information content (AvgIpc) is 2.79. The van der Waals surface area contributed by atoms with Crippen molar-refractivity contribution in [3.63, 3.8) is 0 Å². The molecule has 0 spiro atoms. The lowest BCUT2D eigenvalue weighted by atomic mass is 9.84. The Bertz CT molecular complexity index is 644. The number of Topliss-reactive ketones (excluding diaryl/α,β-unsaturated/α-hetero) is 2. The molecule has 0 bridgehead atoms. The molecule has 0 aromatic carbocycles. The van der Waals surface area contributed by atoms with Gasteiger partial charge in [0.2, 0.25) is 0 Å². The summed E-state index contributed by atoms with van der Waals surface area (Å²) in [6, 6.07) is 1.53. The molecular formula is C15H19NO4. The number of pyridine rings is 1. The van der Waals surface area contributed by atoms with Gasteiger partial charge in [-0.2, -0.15) is 0 Å². The Kier molecular flexibility index (Phi) is 3.65. The smallest absolute Gasteiger partial charge is 0.254 e. The molecule has 0 saturated carbocycles. The quantitative estimate of drug-likeness (QED) is 0.896.